The Balaban J connectivity index is 1.75. The number of carbonyl (C=O) groups excluding carboxylic acids is 1. The first-order chi connectivity index (χ1) is 14.9. The molecule has 1 amide bonds. The van der Waals surface area contributed by atoms with Crippen molar-refractivity contribution in [2.45, 2.75) is 6.92 Å². The first-order valence-electron chi connectivity index (χ1n) is 9.08. The molecule has 0 atom stereocenters. The second kappa shape index (κ2) is 8.62. The number of ether oxygens (including phenoxy) is 1. The predicted octanol–water partition coefficient (Wildman–Crippen LogP) is 5.26. The van der Waals surface area contributed by atoms with E-state index < -0.39 is 10.8 Å². The van der Waals surface area contributed by atoms with Crippen LogP contribution in [0.5, 0.6) is 5.75 Å². The molecule has 8 nitrogen and oxygen atoms in total. The summed E-state index contributed by atoms with van der Waals surface area (Å²) in [7, 11) is 1.53. The van der Waals surface area contributed by atoms with Gasteiger partial charge in [0.2, 0.25) is 5.13 Å². The fourth-order valence-corrected chi connectivity index (χ4v) is 4.51. The van der Waals surface area contributed by atoms with Crippen LogP contribution in [0.1, 0.15) is 20.8 Å². The minimum absolute atomic E-state index is 0.00239. The fraction of sp³-hybridized carbons (Fsp3) is 0.0952. The van der Waals surface area contributed by atoms with E-state index in [1.807, 2.05) is 25.1 Å². The SMILES string of the molecule is COc1cccc(C(=O)N(/N=C/c2ccc([N+](=O)[O-])s2)c2nc3ccc(C)cc3s2)c1. The zero-order chi connectivity index (χ0) is 22.0. The number of anilines is 1. The zero-order valence-corrected chi connectivity index (χ0v) is 18.1. The number of nitro groups is 1. The molecule has 0 spiro atoms. The Kier molecular flexibility index (Phi) is 5.74. The number of amides is 1. The molecule has 0 bridgehead atoms. The Bertz CT molecular complexity index is 1310. The van der Waals surface area contributed by atoms with E-state index in [2.05, 4.69) is 10.1 Å². The summed E-state index contributed by atoms with van der Waals surface area (Å²) in [6.45, 7) is 1.99. The molecule has 4 rings (SSSR count). The number of hydrazone groups is 1. The van der Waals surface area contributed by atoms with E-state index in [0.717, 1.165) is 27.1 Å². The van der Waals surface area contributed by atoms with Crippen molar-refractivity contribution in [3.8, 4) is 5.75 Å². The first-order valence-corrected chi connectivity index (χ1v) is 10.7. The third-order valence-electron chi connectivity index (χ3n) is 4.32. The summed E-state index contributed by atoms with van der Waals surface area (Å²) in [5.74, 6) is 0.153. The van der Waals surface area contributed by atoms with Gasteiger partial charge >= 0.3 is 5.00 Å². The molecule has 0 aliphatic heterocycles. The van der Waals surface area contributed by atoms with Crippen molar-refractivity contribution in [3.63, 3.8) is 0 Å². The molecule has 0 unspecified atom stereocenters. The van der Waals surface area contributed by atoms with Gasteiger partial charge in [-0.3, -0.25) is 14.9 Å². The summed E-state index contributed by atoms with van der Waals surface area (Å²) in [5, 5.41) is 16.9. The van der Waals surface area contributed by atoms with Gasteiger partial charge in [-0.15, -0.1) is 0 Å². The van der Waals surface area contributed by atoms with Crippen LogP contribution in [0, 0.1) is 17.0 Å². The Morgan fingerprint density at radius 1 is 1.19 bits per heavy atom. The molecule has 0 fully saturated rings. The number of benzene rings is 2. The largest absolute Gasteiger partial charge is 0.497 e. The molecule has 0 saturated heterocycles. The number of methoxy groups -OCH3 is 1. The number of thiophene rings is 1. The maximum atomic E-state index is 13.3. The average molecular weight is 453 g/mol. The van der Waals surface area contributed by atoms with Gasteiger partial charge in [0.1, 0.15) is 5.75 Å². The van der Waals surface area contributed by atoms with E-state index in [1.165, 1.54) is 35.7 Å². The Labute approximate surface area is 185 Å². The van der Waals surface area contributed by atoms with Gasteiger partial charge in [0.05, 0.1) is 33.3 Å². The fourth-order valence-electron chi connectivity index (χ4n) is 2.80. The normalized spacial score (nSPS) is 11.2. The molecule has 0 aliphatic carbocycles. The van der Waals surface area contributed by atoms with Crippen molar-refractivity contribution in [1.29, 1.82) is 0 Å². The highest BCUT2D eigenvalue weighted by Crippen LogP contribution is 2.31. The number of fused-ring (bicyclic) bond motifs is 1. The van der Waals surface area contributed by atoms with Gasteiger partial charge in [-0.2, -0.15) is 10.1 Å². The van der Waals surface area contributed by atoms with E-state index in [4.69, 9.17) is 4.74 Å². The van der Waals surface area contributed by atoms with Crippen LogP contribution in [0.4, 0.5) is 10.1 Å². The van der Waals surface area contributed by atoms with Crippen molar-refractivity contribution < 1.29 is 14.5 Å². The molecule has 2 heterocycles. The Hall–Kier alpha value is -3.63. The second-order valence-electron chi connectivity index (χ2n) is 6.49. The quantitative estimate of drug-likeness (QED) is 0.226. The average Bonchev–Trinajstić information content (AvgIpc) is 3.40. The number of thiazole rings is 1. The topological polar surface area (TPSA) is 97.9 Å². The van der Waals surface area contributed by atoms with Crippen LogP contribution in [0.2, 0.25) is 0 Å². The summed E-state index contributed by atoms with van der Waals surface area (Å²) in [4.78, 5) is 28.9. The molecule has 0 saturated carbocycles. The summed E-state index contributed by atoms with van der Waals surface area (Å²) < 4.78 is 6.15. The lowest BCUT2D eigenvalue weighted by atomic mass is 10.2. The highest BCUT2D eigenvalue weighted by Gasteiger charge is 2.22. The molecule has 10 heteroatoms. The van der Waals surface area contributed by atoms with Gasteiger partial charge in [0.15, 0.2) is 0 Å². The Morgan fingerprint density at radius 3 is 2.77 bits per heavy atom. The zero-order valence-electron chi connectivity index (χ0n) is 16.5. The summed E-state index contributed by atoms with van der Waals surface area (Å²) in [5.41, 5.74) is 2.22. The van der Waals surface area contributed by atoms with Crippen LogP contribution < -0.4 is 9.75 Å². The first kappa shape index (κ1) is 20.6. The maximum Gasteiger partial charge on any atom is 0.324 e. The monoisotopic (exact) mass is 452 g/mol. The van der Waals surface area contributed by atoms with Crippen molar-refractivity contribution in [3.05, 3.63) is 80.7 Å². The minimum Gasteiger partial charge on any atom is -0.497 e. The standard InChI is InChI=1S/C21H16N4O4S2/c1-13-6-8-17-18(10-13)31-21(23-17)24(20(26)14-4-3-5-15(11-14)29-2)22-12-16-7-9-19(30-16)25(27)28/h3-12H,1-2H3/b22-12+. The van der Waals surface area contributed by atoms with E-state index >= 15 is 0 Å². The lowest BCUT2D eigenvalue weighted by molar-refractivity contribution is -0.380. The van der Waals surface area contributed by atoms with Crippen LogP contribution in [0.15, 0.2) is 59.7 Å². The van der Waals surface area contributed by atoms with Gasteiger partial charge in [-0.25, -0.2) is 4.98 Å². The molecule has 2 aromatic heterocycles. The molecule has 0 radical (unpaired) electrons. The minimum atomic E-state index is -0.461. The van der Waals surface area contributed by atoms with Gasteiger partial charge < -0.3 is 4.74 Å². The van der Waals surface area contributed by atoms with Crippen LogP contribution in [0.3, 0.4) is 0 Å². The lowest BCUT2D eigenvalue weighted by Crippen LogP contribution is -2.25. The van der Waals surface area contributed by atoms with E-state index in [1.54, 1.807) is 30.3 Å². The molecule has 0 aliphatic rings. The van der Waals surface area contributed by atoms with Gasteiger partial charge in [0, 0.05) is 11.6 Å². The predicted molar refractivity (Wildman–Crippen MR) is 123 cm³/mol. The molecule has 31 heavy (non-hydrogen) atoms. The number of carbonyl (C=O) groups is 1. The molecule has 156 valence electrons. The summed E-state index contributed by atoms with van der Waals surface area (Å²) in [6.07, 6.45) is 1.42. The molecular weight excluding hydrogens is 436 g/mol. The molecular formula is C21H16N4O4S2. The van der Waals surface area contributed by atoms with Gasteiger partial charge in [-0.05, 0) is 48.9 Å². The number of hydrogen-bond acceptors (Lipinski definition) is 8. The van der Waals surface area contributed by atoms with Crippen molar-refractivity contribution in [2.75, 3.05) is 12.1 Å². The van der Waals surface area contributed by atoms with Crippen molar-refractivity contribution in [2.24, 2.45) is 5.10 Å². The number of rotatable bonds is 6. The molecule has 2 aromatic carbocycles. The third kappa shape index (κ3) is 4.44. The van der Waals surface area contributed by atoms with Crippen LogP contribution in [-0.4, -0.2) is 29.1 Å². The van der Waals surface area contributed by atoms with Gasteiger partial charge in [0.25, 0.3) is 5.91 Å². The van der Waals surface area contributed by atoms with Crippen LogP contribution in [-0.2, 0) is 0 Å². The van der Waals surface area contributed by atoms with Crippen molar-refractivity contribution >= 4 is 55.1 Å². The summed E-state index contributed by atoms with van der Waals surface area (Å²) in [6, 6.07) is 15.6. The van der Waals surface area contributed by atoms with Gasteiger partial charge in [-0.1, -0.05) is 34.8 Å². The smallest absolute Gasteiger partial charge is 0.324 e. The number of hydrogen-bond donors (Lipinski definition) is 0. The second-order valence-corrected chi connectivity index (χ2v) is 8.60. The number of nitrogens with zero attached hydrogens (tertiary/aromatic N) is 4. The van der Waals surface area contributed by atoms with E-state index in [-0.39, 0.29) is 5.00 Å². The molecule has 0 N–H and O–H groups in total. The van der Waals surface area contributed by atoms with Crippen molar-refractivity contribution in [1.82, 2.24) is 4.98 Å². The third-order valence-corrected chi connectivity index (χ3v) is 6.28. The summed E-state index contributed by atoms with van der Waals surface area (Å²) >= 11 is 2.32. The van der Waals surface area contributed by atoms with E-state index in [9.17, 15) is 14.9 Å². The van der Waals surface area contributed by atoms with E-state index in [0.29, 0.717) is 21.3 Å². The molecule has 4 aromatic rings. The maximum absolute atomic E-state index is 13.3. The van der Waals surface area contributed by atoms with Crippen LogP contribution in [0.25, 0.3) is 10.2 Å². The Morgan fingerprint density at radius 2 is 2.03 bits per heavy atom. The highest BCUT2D eigenvalue weighted by atomic mass is 32.1. The number of aryl methyl sites for hydroxylation is 1. The van der Waals surface area contributed by atoms with Crippen LogP contribution >= 0.6 is 22.7 Å². The lowest BCUT2D eigenvalue weighted by Gasteiger charge is -2.14. The number of aromatic nitrogens is 1. The highest BCUT2D eigenvalue weighted by molar-refractivity contribution is 7.22.